The number of hydrogen-bond donors (Lipinski definition) is 3. The van der Waals surface area contributed by atoms with Gasteiger partial charge in [0.2, 0.25) is 0 Å². The molecule has 1 aromatic heterocycles. The molecule has 1 amide bonds. The Hall–Kier alpha value is -1.67. The zero-order valence-electron chi connectivity index (χ0n) is 9.09. The molecule has 1 aliphatic heterocycles. The van der Waals surface area contributed by atoms with Crippen molar-refractivity contribution in [1.29, 1.82) is 0 Å². The van der Waals surface area contributed by atoms with Crippen LogP contribution in [-0.4, -0.2) is 34.1 Å². The second-order valence-electron chi connectivity index (χ2n) is 3.76. The maximum absolute atomic E-state index is 11.7. The van der Waals surface area contributed by atoms with E-state index in [0.717, 1.165) is 0 Å². The van der Waals surface area contributed by atoms with Crippen molar-refractivity contribution in [2.45, 2.75) is 18.6 Å². The highest BCUT2D eigenvalue weighted by Gasteiger charge is 2.31. The molecule has 0 saturated carbocycles. The number of carboxylic acid groups (broad SMARTS) is 1. The Kier molecular flexibility index (Phi) is 3.48. The lowest BCUT2D eigenvalue weighted by Gasteiger charge is -2.25. The number of ether oxygens (including phenoxy) is 1. The largest absolute Gasteiger partial charge is 0.480 e. The number of carbonyl (C=O) groups is 2. The first-order valence-electron chi connectivity index (χ1n) is 5.10. The van der Waals surface area contributed by atoms with Gasteiger partial charge in [-0.3, -0.25) is 9.59 Å². The number of halogens is 1. The van der Waals surface area contributed by atoms with Gasteiger partial charge in [0, 0.05) is 6.42 Å². The van der Waals surface area contributed by atoms with Gasteiger partial charge in [0.05, 0.1) is 0 Å². The zero-order chi connectivity index (χ0) is 13.3. The van der Waals surface area contributed by atoms with E-state index in [0.29, 0.717) is 16.2 Å². The molecule has 0 aromatic carbocycles. The molecular weight excluding hydrogens is 306 g/mol. The lowest BCUT2D eigenvalue weighted by molar-refractivity contribution is -0.139. The molecule has 7 nitrogen and oxygen atoms in total. The summed E-state index contributed by atoms with van der Waals surface area (Å²) >= 11 is 3.17. The van der Waals surface area contributed by atoms with E-state index in [9.17, 15) is 9.59 Å². The Morgan fingerprint density at radius 1 is 1.67 bits per heavy atom. The molecule has 18 heavy (non-hydrogen) atoms. The molecule has 0 saturated heterocycles. The summed E-state index contributed by atoms with van der Waals surface area (Å²) in [6.07, 6.45) is -1.02. The average molecular weight is 316 g/mol. The second-order valence-corrected chi connectivity index (χ2v) is 4.57. The third kappa shape index (κ3) is 2.59. The molecule has 96 valence electrons. The molecule has 0 radical (unpaired) electrons. The number of rotatable bonds is 3. The van der Waals surface area contributed by atoms with E-state index >= 15 is 0 Å². The number of nitrogens with zero attached hydrogens (tertiary/aromatic N) is 1. The molecule has 1 aromatic rings. The van der Waals surface area contributed by atoms with Crippen molar-refractivity contribution in [3.05, 3.63) is 16.7 Å². The third-order valence-electron chi connectivity index (χ3n) is 2.41. The van der Waals surface area contributed by atoms with Crippen molar-refractivity contribution in [3.8, 4) is 5.75 Å². The van der Waals surface area contributed by atoms with Gasteiger partial charge in [0.15, 0.2) is 17.7 Å². The van der Waals surface area contributed by atoms with Crippen molar-refractivity contribution in [2.24, 2.45) is 5.73 Å². The van der Waals surface area contributed by atoms with E-state index in [4.69, 9.17) is 15.6 Å². The number of nitrogens with two attached hydrogens (primary N) is 1. The predicted molar refractivity (Wildman–Crippen MR) is 65.2 cm³/mol. The number of anilines is 1. The quantitative estimate of drug-likeness (QED) is 0.693. The minimum Gasteiger partial charge on any atom is -0.480 e. The van der Waals surface area contributed by atoms with Crippen LogP contribution in [0.3, 0.4) is 0 Å². The van der Waals surface area contributed by atoms with Gasteiger partial charge in [-0.05, 0) is 28.1 Å². The summed E-state index contributed by atoms with van der Waals surface area (Å²) in [5.74, 6) is -0.939. The van der Waals surface area contributed by atoms with E-state index in [1.54, 1.807) is 12.1 Å². The van der Waals surface area contributed by atoms with Crippen LogP contribution in [0.4, 0.5) is 5.82 Å². The van der Waals surface area contributed by atoms with Crippen LogP contribution in [0.25, 0.3) is 0 Å². The minimum absolute atomic E-state index is 0.101. The summed E-state index contributed by atoms with van der Waals surface area (Å²) in [5.41, 5.74) is 5.37. The number of amides is 1. The van der Waals surface area contributed by atoms with Crippen molar-refractivity contribution < 1.29 is 19.4 Å². The molecule has 2 unspecified atom stereocenters. The summed E-state index contributed by atoms with van der Waals surface area (Å²) in [4.78, 5) is 26.4. The summed E-state index contributed by atoms with van der Waals surface area (Å²) in [6.45, 7) is 0. The Morgan fingerprint density at radius 2 is 2.39 bits per heavy atom. The van der Waals surface area contributed by atoms with E-state index < -0.39 is 24.0 Å². The maximum atomic E-state index is 11.7. The summed E-state index contributed by atoms with van der Waals surface area (Å²) in [6, 6.07) is 2.14. The number of hydrogen-bond acceptors (Lipinski definition) is 5. The normalized spacial score (nSPS) is 19.4. The molecule has 4 N–H and O–H groups in total. The van der Waals surface area contributed by atoms with Gasteiger partial charge in [-0.25, -0.2) is 4.98 Å². The molecule has 8 heteroatoms. The lowest BCUT2D eigenvalue weighted by atomic mass is 10.1. The smallest absolute Gasteiger partial charge is 0.320 e. The molecule has 2 rings (SSSR count). The zero-order valence-corrected chi connectivity index (χ0v) is 10.7. The molecule has 0 spiro atoms. The van der Waals surface area contributed by atoms with Gasteiger partial charge in [-0.1, -0.05) is 0 Å². The van der Waals surface area contributed by atoms with Crippen molar-refractivity contribution in [2.75, 3.05) is 5.32 Å². The molecule has 2 heterocycles. The fourth-order valence-electron chi connectivity index (χ4n) is 1.50. The summed E-state index contributed by atoms with van der Waals surface area (Å²) in [5, 5.41) is 11.2. The standard InChI is InChI=1S/C10H10BrN3O4/c11-7-2-1-5-8(13-7)14-9(15)6(18-5)3-4(12)10(16)17/h1-2,4,6H,3,12H2,(H,16,17)(H,13,14,15). The highest BCUT2D eigenvalue weighted by Crippen LogP contribution is 2.30. The van der Waals surface area contributed by atoms with E-state index in [2.05, 4.69) is 26.2 Å². The molecule has 0 aliphatic carbocycles. The minimum atomic E-state index is -1.17. The molecule has 1 aliphatic rings. The molecule has 0 fully saturated rings. The number of pyridine rings is 1. The maximum Gasteiger partial charge on any atom is 0.320 e. The topological polar surface area (TPSA) is 115 Å². The van der Waals surface area contributed by atoms with Gasteiger partial charge in [-0.2, -0.15) is 0 Å². The first-order chi connectivity index (χ1) is 8.47. The predicted octanol–water partition coefficient (Wildman–Crippen LogP) is 0.346. The van der Waals surface area contributed by atoms with Crippen LogP contribution in [0.1, 0.15) is 6.42 Å². The van der Waals surface area contributed by atoms with Crippen molar-refractivity contribution >= 4 is 33.6 Å². The number of nitrogens with one attached hydrogen (secondary N) is 1. The van der Waals surface area contributed by atoms with Crippen LogP contribution in [0.15, 0.2) is 16.7 Å². The van der Waals surface area contributed by atoms with Crippen LogP contribution in [-0.2, 0) is 9.59 Å². The lowest BCUT2D eigenvalue weighted by Crippen LogP contribution is -2.44. The van der Waals surface area contributed by atoms with Crippen molar-refractivity contribution in [3.63, 3.8) is 0 Å². The number of aromatic nitrogens is 1. The first kappa shape index (κ1) is 12.8. The van der Waals surface area contributed by atoms with Crippen LogP contribution in [0, 0.1) is 0 Å². The number of carboxylic acids is 1. The van der Waals surface area contributed by atoms with Gasteiger partial charge >= 0.3 is 5.97 Å². The molecular formula is C10H10BrN3O4. The Bertz CT molecular complexity index is 508. The van der Waals surface area contributed by atoms with Gasteiger partial charge in [-0.15, -0.1) is 0 Å². The third-order valence-corrected chi connectivity index (χ3v) is 2.85. The average Bonchev–Trinajstić information content (AvgIpc) is 2.30. The Balaban J connectivity index is 2.16. The molecule has 2 atom stereocenters. The number of fused-ring (bicyclic) bond motifs is 1. The first-order valence-corrected chi connectivity index (χ1v) is 5.89. The van der Waals surface area contributed by atoms with Gasteiger partial charge in [0.25, 0.3) is 5.91 Å². The van der Waals surface area contributed by atoms with Crippen molar-refractivity contribution in [1.82, 2.24) is 4.98 Å². The Labute approximate surface area is 110 Å². The monoisotopic (exact) mass is 315 g/mol. The van der Waals surface area contributed by atoms with Gasteiger partial charge < -0.3 is 20.9 Å². The highest BCUT2D eigenvalue weighted by molar-refractivity contribution is 9.10. The van der Waals surface area contributed by atoms with Crippen LogP contribution in [0.2, 0.25) is 0 Å². The number of aliphatic carboxylic acids is 1. The fraction of sp³-hybridized carbons (Fsp3) is 0.300. The fourth-order valence-corrected chi connectivity index (χ4v) is 1.81. The number of carbonyl (C=O) groups excluding carboxylic acids is 1. The second kappa shape index (κ2) is 4.91. The Morgan fingerprint density at radius 3 is 3.06 bits per heavy atom. The van der Waals surface area contributed by atoms with Crippen LogP contribution in [0.5, 0.6) is 5.75 Å². The summed E-state index contributed by atoms with van der Waals surface area (Å²) in [7, 11) is 0. The molecule has 0 bridgehead atoms. The van der Waals surface area contributed by atoms with Crippen LogP contribution < -0.4 is 15.8 Å². The van der Waals surface area contributed by atoms with Crippen LogP contribution >= 0.6 is 15.9 Å². The van der Waals surface area contributed by atoms with E-state index in [1.165, 1.54) is 0 Å². The van der Waals surface area contributed by atoms with Gasteiger partial charge in [0.1, 0.15) is 10.6 Å². The van der Waals surface area contributed by atoms with E-state index in [-0.39, 0.29) is 6.42 Å². The SMILES string of the molecule is NC(CC1Oc2ccc(Br)nc2NC1=O)C(=O)O. The summed E-state index contributed by atoms with van der Waals surface area (Å²) < 4.78 is 5.94. The van der Waals surface area contributed by atoms with E-state index in [1.807, 2.05) is 0 Å². The highest BCUT2D eigenvalue weighted by atomic mass is 79.9.